The molecular weight excluding hydrogens is 224 g/mol. The number of sulfonamides is 1. The summed E-state index contributed by atoms with van der Waals surface area (Å²) in [5.41, 5.74) is 3.65. The summed E-state index contributed by atoms with van der Waals surface area (Å²) in [7, 11) is -1.05. The normalized spacial score (nSPS) is 18.2. The highest BCUT2D eigenvalue weighted by molar-refractivity contribution is 7.88. The van der Waals surface area contributed by atoms with E-state index in [-0.39, 0.29) is 0 Å². The molecule has 16 heavy (non-hydrogen) atoms. The van der Waals surface area contributed by atoms with Gasteiger partial charge in [0.25, 0.3) is 0 Å². The van der Waals surface area contributed by atoms with Crippen molar-refractivity contribution in [2.24, 2.45) is 7.05 Å². The van der Waals surface area contributed by atoms with Crippen LogP contribution in [0.1, 0.15) is 23.2 Å². The van der Waals surface area contributed by atoms with Gasteiger partial charge >= 0.3 is 0 Å². The van der Waals surface area contributed by atoms with Gasteiger partial charge in [-0.1, -0.05) is 0 Å². The lowest BCUT2D eigenvalue weighted by molar-refractivity contribution is 0.413. The molecule has 2 heterocycles. The summed E-state index contributed by atoms with van der Waals surface area (Å²) in [6.45, 7) is 3.21. The Balaban J connectivity index is 2.41. The third kappa shape index (κ3) is 2.01. The van der Waals surface area contributed by atoms with Crippen LogP contribution in [-0.2, 0) is 30.0 Å². The Morgan fingerprint density at radius 2 is 2.06 bits per heavy atom. The van der Waals surface area contributed by atoms with Gasteiger partial charge < -0.3 is 4.57 Å². The molecule has 1 aliphatic rings. The lowest BCUT2D eigenvalue weighted by Crippen LogP contribution is -2.29. The molecule has 0 unspecified atom stereocenters. The van der Waals surface area contributed by atoms with Gasteiger partial charge in [-0.25, -0.2) is 8.42 Å². The van der Waals surface area contributed by atoms with Crippen LogP contribution in [0.3, 0.4) is 0 Å². The third-order valence-electron chi connectivity index (χ3n) is 3.26. The van der Waals surface area contributed by atoms with E-state index in [1.165, 1.54) is 23.1 Å². The molecule has 0 saturated carbocycles. The van der Waals surface area contributed by atoms with Crippen molar-refractivity contribution in [2.75, 3.05) is 12.8 Å². The topological polar surface area (TPSA) is 42.3 Å². The van der Waals surface area contributed by atoms with Crippen LogP contribution >= 0.6 is 0 Å². The van der Waals surface area contributed by atoms with E-state index >= 15 is 0 Å². The fraction of sp³-hybridized carbons (Fsp3) is 0.636. The van der Waals surface area contributed by atoms with Crippen LogP contribution in [-0.4, -0.2) is 30.1 Å². The highest BCUT2D eigenvalue weighted by Gasteiger charge is 2.24. The number of nitrogens with zero attached hydrogens (tertiary/aromatic N) is 2. The zero-order valence-corrected chi connectivity index (χ0v) is 10.8. The van der Waals surface area contributed by atoms with Gasteiger partial charge in [0, 0.05) is 32.0 Å². The summed E-state index contributed by atoms with van der Waals surface area (Å²) >= 11 is 0. The molecule has 0 spiro atoms. The molecule has 1 aromatic rings. The number of aromatic nitrogens is 1. The summed E-state index contributed by atoms with van der Waals surface area (Å²) in [6.07, 6.45) is 5.23. The van der Waals surface area contributed by atoms with Crippen molar-refractivity contribution in [1.82, 2.24) is 8.87 Å². The number of hydrogen-bond acceptors (Lipinski definition) is 2. The van der Waals surface area contributed by atoms with Crippen molar-refractivity contribution in [3.8, 4) is 0 Å². The zero-order valence-electron chi connectivity index (χ0n) is 10.0. The van der Waals surface area contributed by atoms with Crippen LogP contribution in [0.15, 0.2) is 6.20 Å². The van der Waals surface area contributed by atoms with Gasteiger partial charge in [0.15, 0.2) is 0 Å². The standard InChI is InChI=1S/C11H18N2O2S/c1-9-7-12(2)11-5-4-6-13(8-10(9)11)16(3,14)15/h7H,4-6,8H2,1-3H3. The van der Waals surface area contributed by atoms with Crippen LogP contribution in [0.2, 0.25) is 0 Å². The van der Waals surface area contributed by atoms with Gasteiger partial charge in [-0.3, -0.25) is 0 Å². The summed E-state index contributed by atoms with van der Waals surface area (Å²) in [4.78, 5) is 0. The molecule has 0 N–H and O–H groups in total. The lowest BCUT2D eigenvalue weighted by atomic mass is 10.1. The van der Waals surface area contributed by atoms with Crippen LogP contribution < -0.4 is 0 Å². The Hall–Kier alpha value is -0.810. The van der Waals surface area contributed by atoms with Gasteiger partial charge in [-0.2, -0.15) is 4.31 Å². The second-order valence-electron chi connectivity index (χ2n) is 4.55. The van der Waals surface area contributed by atoms with E-state index in [1.807, 2.05) is 14.0 Å². The van der Waals surface area contributed by atoms with Crippen LogP contribution in [0.5, 0.6) is 0 Å². The van der Waals surface area contributed by atoms with E-state index in [2.05, 4.69) is 10.8 Å². The fourth-order valence-electron chi connectivity index (χ4n) is 2.39. The quantitative estimate of drug-likeness (QED) is 0.738. The average molecular weight is 242 g/mol. The number of hydrogen-bond donors (Lipinski definition) is 0. The molecule has 0 bridgehead atoms. The smallest absolute Gasteiger partial charge is 0.211 e. The Kier molecular flexibility index (Phi) is 2.84. The first-order chi connectivity index (χ1) is 7.39. The maximum absolute atomic E-state index is 11.6. The monoisotopic (exact) mass is 242 g/mol. The van der Waals surface area contributed by atoms with Crippen LogP contribution in [0, 0.1) is 6.92 Å². The molecule has 0 amide bonds. The first kappa shape index (κ1) is 11.7. The second-order valence-corrected chi connectivity index (χ2v) is 6.53. The highest BCUT2D eigenvalue weighted by atomic mass is 32.2. The Morgan fingerprint density at radius 3 is 2.69 bits per heavy atom. The average Bonchev–Trinajstić information content (AvgIpc) is 2.40. The van der Waals surface area contributed by atoms with Gasteiger partial charge in [-0.05, 0) is 30.9 Å². The van der Waals surface area contributed by atoms with E-state index < -0.39 is 10.0 Å². The minimum absolute atomic E-state index is 0.529. The van der Waals surface area contributed by atoms with Crippen LogP contribution in [0.4, 0.5) is 0 Å². The number of rotatable bonds is 1. The Bertz CT molecular complexity index is 502. The largest absolute Gasteiger partial charge is 0.354 e. The molecule has 0 aliphatic carbocycles. The van der Waals surface area contributed by atoms with Crippen molar-refractivity contribution in [3.05, 3.63) is 23.0 Å². The molecule has 90 valence electrons. The predicted molar refractivity (Wildman–Crippen MR) is 63.7 cm³/mol. The maximum Gasteiger partial charge on any atom is 0.211 e. The molecule has 2 rings (SSSR count). The molecule has 4 nitrogen and oxygen atoms in total. The molecule has 1 aromatic heterocycles. The summed E-state index contributed by atoms with van der Waals surface area (Å²) in [5, 5.41) is 0. The summed E-state index contributed by atoms with van der Waals surface area (Å²) in [5.74, 6) is 0. The van der Waals surface area contributed by atoms with E-state index in [4.69, 9.17) is 0 Å². The van der Waals surface area contributed by atoms with Crippen molar-refractivity contribution in [3.63, 3.8) is 0 Å². The van der Waals surface area contributed by atoms with Gasteiger partial charge in [0.1, 0.15) is 0 Å². The highest BCUT2D eigenvalue weighted by Crippen LogP contribution is 2.24. The fourth-order valence-corrected chi connectivity index (χ4v) is 3.22. The van der Waals surface area contributed by atoms with Crippen molar-refractivity contribution >= 4 is 10.0 Å². The minimum Gasteiger partial charge on any atom is -0.354 e. The Morgan fingerprint density at radius 1 is 1.38 bits per heavy atom. The van der Waals surface area contributed by atoms with Crippen molar-refractivity contribution in [1.29, 1.82) is 0 Å². The van der Waals surface area contributed by atoms with E-state index in [1.54, 1.807) is 4.31 Å². The van der Waals surface area contributed by atoms with Crippen molar-refractivity contribution in [2.45, 2.75) is 26.3 Å². The molecular formula is C11H18N2O2S. The maximum atomic E-state index is 11.6. The first-order valence-corrected chi connectivity index (χ1v) is 7.33. The predicted octanol–water partition coefficient (Wildman–Crippen LogP) is 1.04. The Labute approximate surface area is 96.9 Å². The number of fused-ring (bicyclic) bond motifs is 1. The van der Waals surface area contributed by atoms with Gasteiger partial charge in [0.05, 0.1) is 6.26 Å². The summed E-state index contributed by atoms with van der Waals surface area (Å²) < 4.78 is 26.9. The van der Waals surface area contributed by atoms with Crippen molar-refractivity contribution < 1.29 is 8.42 Å². The first-order valence-electron chi connectivity index (χ1n) is 5.48. The molecule has 0 saturated heterocycles. The van der Waals surface area contributed by atoms with Gasteiger partial charge in [-0.15, -0.1) is 0 Å². The second kappa shape index (κ2) is 3.89. The molecule has 0 aromatic carbocycles. The number of aryl methyl sites for hydroxylation is 2. The summed E-state index contributed by atoms with van der Waals surface area (Å²) in [6, 6.07) is 0. The van der Waals surface area contributed by atoms with E-state index in [0.717, 1.165) is 12.8 Å². The lowest BCUT2D eigenvalue weighted by Gasteiger charge is -2.17. The molecule has 0 radical (unpaired) electrons. The molecule has 5 heteroatoms. The molecule has 1 aliphatic heterocycles. The van der Waals surface area contributed by atoms with Gasteiger partial charge in [0.2, 0.25) is 10.0 Å². The van der Waals surface area contributed by atoms with E-state index in [0.29, 0.717) is 13.1 Å². The van der Waals surface area contributed by atoms with Crippen LogP contribution in [0.25, 0.3) is 0 Å². The zero-order chi connectivity index (χ0) is 11.9. The van der Waals surface area contributed by atoms with E-state index in [9.17, 15) is 8.42 Å². The SMILES string of the molecule is Cc1cn(C)c2c1CN(S(C)(=O)=O)CCC2. The third-order valence-corrected chi connectivity index (χ3v) is 4.51. The molecule has 0 atom stereocenters. The minimum atomic E-state index is -3.08. The molecule has 0 fully saturated rings.